The number of aliphatic hydroxyl groups excluding tert-OH is 2. The monoisotopic (exact) mass is 176 g/mol. The van der Waals surface area contributed by atoms with Gasteiger partial charge in [-0.2, -0.15) is 0 Å². The molecular formula is C7H12O5. The summed E-state index contributed by atoms with van der Waals surface area (Å²) in [6, 6.07) is 0. The lowest BCUT2D eigenvalue weighted by molar-refractivity contribution is -0.154. The minimum Gasteiger partial charge on any atom is -0.380 e. The van der Waals surface area contributed by atoms with Gasteiger partial charge in [0.25, 0.3) is 0 Å². The van der Waals surface area contributed by atoms with E-state index in [1.54, 1.807) is 0 Å². The third kappa shape index (κ3) is 4.17. The first kappa shape index (κ1) is 11.2. The minimum atomic E-state index is -2.03. The fourth-order valence-corrected chi connectivity index (χ4v) is 0.674. The topological polar surface area (TPSA) is 94.8 Å². The Hall–Kier alpha value is -0.780. The van der Waals surface area contributed by atoms with Crippen LogP contribution in [0.5, 0.6) is 0 Å². The average molecular weight is 176 g/mol. The van der Waals surface area contributed by atoms with E-state index in [-0.39, 0.29) is 12.8 Å². The number of unbranched alkanes of at least 4 members (excludes halogenated alkanes) is 1. The molecule has 0 radical (unpaired) electrons. The van der Waals surface area contributed by atoms with Gasteiger partial charge in [0, 0.05) is 12.8 Å². The van der Waals surface area contributed by atoms with E-state index >= 15 is 0 Å². The third-order valence-electron chi connectivity index (χ3n) is 1.36. The predicted octanol–water partition coefficient (Wildman–Crippen LogP) is -1.40. The molecule has 12 heavy (non-hydrogen) atoms. The highest BCUT2D eigenvalue weighted by Gasteiger charge is 2.20. The van der Waals surface area contributed by atoms with E-state index in [1.807, 2.05) is 0 Å². The lowest BCUT2D eigenvalue weighted by atomic mass is 10.1. The molecule has 0 rings (SSSR count). The Morgan fingerprint density at radius 3 is 2.33 bits per heavy atom. The number of hydrogen-bond acceptors (Lipinski definition) is 5. The molecule has 0 amide bonds. The molecule has 5 nitrogen and oxygen atoms in total. The zero-order chi connectivity index (χ0) is 9.56. The van der Waals surface area contributed by atoms with Crippen molar-refractivity contribution in [3.8, 4) is 0 Å². The normalized spacial score (nSPS) is 13.0. The molecule has 0 bridgehead atoms. The van der Waals surface area contributed by atoms with Gasteiger partial charge in [0.15, 0.2) is 18.2 Å². The maximum Gasteiger partial charge on any atom is 0.185 e. The fourth-order valence-electron chi connectivity index (χ4n) is 0.674. The van der Waals surface area contributed by atoms with Crippen molar-refractivity contribution < 1.29 is 24.9 Å². The molecule has 0 spiro atoms. The zero-order valence-corrected chi connectivity index (χ0v) is 6.51. The van der Waals surface area contributed by atoms with Crippen LogP contribution < -0.4 is 0 Å². The molecule has 0 heterocycles. The molecule has 3 N–H and O–H groups in total. The first-order valence-electron chi connectivity index (χ1n) is 3.60. The second kappa shape index (κ2) is 5.82. The molecule has 1 atom stereocenters. The van der Waals surface area contributed by atoms with Crippen molar-refractivity contribution in [2.24, 2.45) is 0 Å². The SMILES string of the molecule is O=CCCCC(=O)C(O)C(O)O. The van der Waals surface area contributed by atoms with Crippen molar-refractivity contribution in [1.82, 2.24) is 0 Å². The number of Topliss-reactive ketones (excluding diaryl/α,β-unsaturated/α-hetero) is 1. The quantitative estimate of drug-likeness (QED) is 0.263. The molecule has 1 unspecified atom stereocenters. The number of aldehydes is 1. The number of rotatable bonds is 6. The smallest absolute Gasteiger partial charge is 0.185 e. The van der Waals surface area contributed by atoms with Crippen LogP contribution in [-0.4, -0.2) is 39.8 Å². The van der Waals surface area contributed by atoms with Crippen molar-refractivity contribution in [2.45, 2.75) is 31.7 Å². The Kier molecular flexibility index (Phi) is 5.44. The third-order valence-corrected chi connectivity index (χ3v) is 1.36. The van der Waals surface area contributed by atoms with Gasteiger partial charge in [-0.05, 0) is 6.42 Å². The fraction of sp³-hybridized carbons (Fsp3) is 0.714. The van der Waals surface area contributed by atoms with Crippen LogP contribution in [-0.2, 0) is 9.59 Å². The Morgan fingerprint density at radius 2 is 1.92 bits per heavy atom. The molecule has 0 aromatic rings. The van der Waals surface area contributed by atoms with Crippen molar-refractivity contribution in [1.29, 1.82) is 0 Å². The summed E-state index contributed by atoms with van der Waals surface area (Å²) in [4.78, 5) is 20.6. The van der Waals surface area contributed by atoms with E-state index < -0.39 is 18.2 Å². The van der Waals surface area contributed by atoms with E-state index in [9.17, 15) is 9.59 Å². The molecule has 0 fully saturated rings. The largest absolute Gasteiger partial charge is 0.380 e. The van der Waals surface area contributed by atoms with Crippen molar-refractivity contribution in [2.75, 3.05) is 0 Å². The summed E-state index contributed by atoms with van der Waals surface area (Å²) >= 11 is 0. The number of carbonyl (C=O) groups is 2. The molecule has 5 heteroatoms. The van der Waals surface area contributed by atoms with Crippen molar-refractivity contribution in [3.05, 3.63) is 0 Å². The molecule has 0 aliphatic carbocycles. The van der Waals surface area contributed by atoms with Gasteiger partial charge >= 0.3 is 0 Å². The zero-order valence-electron chi connectivity index (χ0n) is 6.51. The molecule has 0 aliphatic heterocycles. The summed E-state index contributed by atoms with van der Waals surface area (Å²) in [6.45, 7) is 0. The summed E-state index contributed by atoms with van der Waals surface area (Å²) in [7, 11) is 0. The van der Waals surface area contributed by atoms with Crippen LogP contribution in [0, 0.1) is 0 Å². The molecule has 0 aromatic heterocycles. The Balaban J connectivity index is 3.64. The molecule has 0 saturated carbocycles. The van der Waals surface area contributed by atoms with E-state index in [1.165, 1.54) is 0 Å². The lowest BCUT2D eigenvalue weighted by Gasteiger charge is -2.09. The van der Waals surface area contributed by atoms with Gasteiger partial charge in [-0.25, -0.2) is 0 Å². The summed E-state index contributed by atoms with van der Waals surface area (Å²) < 4.78 is 0. The van der Waals surface area contributed by atoms with Crippen LogP contribution in [0.2, 0.25) is 0 Å². The number of hydrogen-bond donors (Lipinski definition) is 3. The first-order valence-corrected chi connectivity index (χ1v) is 3.60. The number of aliphatic hydroxyl groups is 3. The Morgan fingerprint density at radius 1 is 1.33 bits per heavy atom. The van der Waals surface area contributed by atoms with Crippen LogP contribution in [0.1, 0.15) is 19.3 Å². The molecule has 0 aliphatic rings. The van der Waals surface area contributed by atoms with Crippen molar-refractivity contribution >= 4 is 12.1 Å². The summed E-state index contributed by atoms with van der Waals surface area (Å²) in [5, 5.41) is 25.5. The van der Waals surface area contributed by atoms with Gasteiger partial charge in [-0.1, -0.05) is 0 Å². The summed E-state index contributed by atoms with van der Waals surface area (Å²) in [5.41, 5.74) is 0. The Bertz CT molecular complexity index is 154. The van der Waals surface area contributed by atoms with Gasteiger partial charge in [-0.3, -0.25) is 4.79 Å². The van der Waals surface area contributed by atoms with E-state index in [0.29, 0.717) is 12.7 Å². The average Bonchev–Trinajstić information content (AvgIpc) is 2.03. The van der Waals surface area contributed by atoms with Crippen LogP contribution in [0.15, 0.2) is 0 Å². The lowest BCUT2D eigenvalue weighted by Crippen LogP contribution is -2.33. The minimum absolute atomic E-state index is 0.0163. The van der Waals surface area contributed by atoms with Gasteiger partial charge in [0.1, 0.15) is 6.29 Å². The second-order valence-electron chi connectivity index (χ2n) is 2.38. The van der Waals surface area contributed by atoms with Gasteiger partial charge < -0.3 is 20.1 Å². The first-order chi connectivity index (χ1) is 5.59. The van der Waals surface area contributed by atoms with Crippen LogP contribution in [0.25, 0.3) is 0 Å². The van der Waals surface area contributed by atoms with Gasteiger partial charge in [0.2, 0.25) is 0 Å². The molecule has 0 saturated heterocycles. The number of ketones is 1. The molecule has 0 aromatic carbocycles. The van der Waals surface area contributed by atoms with E-state index in [4.69, 9.17) is 15.3 Å². The maximum atomic E-state index is 10.8. The highest BCUT2D eigenvalue weighted by Crippen LogP contribution is 2.00. The van der Waals surface area contributed by atoms with Gasteiger partial charge in [-0.15, -0.1) is 0 Å². The van der Waals surface area contributed by atoms with Crippen LogP contribution >= 0.6 is 0 Å². The maximum absolute atomic E-state index is 10.8. The molecular weight excluding hydrogens is 164 g/mol. The highest BCUT2D eigenvalue weighted by molar-refractivity contribution is 5.83. The van der Waals surface area contributed by atoms with Crippen molar-refractivity contribution in [3.63, 3.8) is 0 Å². The van der Waals surface area contributed by atoms with Gasteiger partial charge in [0.05, 0.1) is 0 Å². The van der Waals surface area contributed by atoms with Crippen LogP contribution in [0.4, 0.5) is 0 Å². The predicted molar refractivity (Wildman–Crippen MR) is 39.2 cm³/mol. The number of carbonyl (C=O) groups excluding carboxylic acids is 2. The summed E-state index contributed by atoms with van der Waals surface area (Å²) in [6.07, 6.45) is -2.58. The summed E-state index contributed by atoms with van der Waals surface area (Å²) in [5.74, 6) is -0.660. The van der Waals surface area contributed by atoms with Crippen LogP contribution in [0.3, 0.4) is 0 Å². The molecule has 70 valence electrons. The second-order valence-corrected chi connectivity index (χ2v) is 2.38. The standard InChI is InChI=1S/C7H12O5/c8-4-2-1-3-5(9)6(10)7(11)12/h4,6-7,10-12H,1-3H2. The van der Waals surface area contributed by atoms with E-state index in [2.05, 4.69) is 0 Å². The van der Waals surface area contributed by atoms with E-state index in [0.717, 1.165) is 0 Å². The highest BCUT2D eigenvalue weighted by atomic mass is 16.5. The Labute approximate surface area is 69.6 Å².